The molecule has 1 unspecified atom stereocenters. The van der Waals surface area contributed by atoms with E-state index in [0.717, 1.165) is 32.1 Å². The third-order valence-corrected chi connectivity index (χ3v) is 13.4. The highest BCUT2D eigenvalue weighted by atomic mass is 16.5. The van der Waals surface area contributed by atoms with Crippen molar-refractivity contribution in [2.45, 2.75) is 137 Å². The molecule has 12 atom stereocenters. The molecule has 7 heteroatoms. The zero-order valence-electron chi connectivity index (χ0n) is 27.4. The van der Waals surface area contributed by atoms with Gasteiger partial charge in [-0.1, -0.05) is 60.1 Å². The van der Waals surface area contributed by atoms with Crippen LogP contribution in [0.4, 0.5) is 0 Å². The number of esters is 1. The Labute approximate surface area is 253 Å². The number of hydrogen-bond acceptors (Lipinski definition) is 7. The zero-order chi connectivity index (χ0) is 31.0. The van der Waals surface area contributed by atoms with Crippen molar-refractivity contribution >= 4 is 5.97 Å². The van der Waals surface area contributed by atoms with Crippen molar-refractivity contribution < 1.29 is 34.7 Å². The maximum Gasteiger partial charge on any atom is 0.306 e. The molecule has 4 aliphatic carbocycles. The van der Waals surface area contributed by atoms with Crippen LogP contribution >= 0.6 is 0 Å². The number of aliphatic hydroxyl groups is 4. The van der Waals surface area contributed by atoms with Crippen LogP contribution in [-0.2, 0) is 14.3 Å². The van der Waals surface area contributed by atoms with E-state index < -0.39 is 30.5 Å². The Balaban J connectivity index is 1.37. The van der Waals surface area contributed by atoms with Crippen molar-refractivity contribution in [3.63, 3.8) is 0 Å². The molecule has 240 valence electrons. The maximum atomic E-state index is 12.7. The molecule has 0 aromatic carbocycles. The molecule has 1 aliphatic heterocycles. The molecule has 5 rings (SSSR count). The standard InChI is InChI=1S/C35H58O7/c1-20(2)15-29(39)42-28-12-14-33(6)25-11-13-32(5)22(21-16-23(37)30(41-18-21)34(7,40)19-36)9-10-24(32)35(25,8)27(38)17-26(33)31(28,3)4/h10,20-23,25-28,30,36-38,40H,9,11-19H2,1-8H3/t21-,22+,23-,25-,26+,27-,28-,30-,32+,33-,34?,35+/m1/s1. The summed E-state index contributed by atoms with van der Waals surface area (Å²) in [5, 5.41) is 43.3. The minimum atomic E-state index is -1.48. The summed E-state index contributed by atoms with van der Waals surface area (Å²) in [6.07, 6.45) is 6.69. The number of aliphatic hydroxyl groups excluding tert-OH is 3. The highest BCUT2D eigenvalue weighted by molar-refractivity contribution is 5.69. The quantitative estimate of drug-likeness (QED) is 0.253. The predicted molar refractivity (Wildman–Crippen MR) is 161 cm³/mol. The van der Waals surface area contributed by atoms with E-state index in [1.54, 1.807) is 0 Å². The summed E-state index contributed by atoms with van der Waals surface area (Å²) in [6, 6.07) is 0. The van der Waals surface area contributed by atoms with Gasteiger partial charge in [-0.2, -0.15) is 0 Å². The molecular weight excluding hydrogens is 532 g/mol. The molecule has 0 bridgehead atoms. The van der Waals surface area contributed by atoms with Crippen LogP contribution in [0.5, 0.6) is 0 Å². The minimum Gasteiger partial charge on any atom is -0.462 e. The topological polar surface area (TPSA) is 116 Å². The van der Waals surface area contributed by atoms with Crippen LogP contribution in [0.1, 0.15) is 107 Å². The van der Waals surface area contributed by atoms with Crippen LogP contribution in [0.2, 0.25) is 0 Å². The first kappa shape index (κ1) is 32.4. The normalized spacial score (nSPS) is 48.0. The molecule has 1 heterocycles. The minimum absolute atomic E-state index is 0.0337. The average Bonchev–Trinajstić information content (AvgIpc) is 3.25. The number of carbonyl (C=O) groups is 1. The molecule has 0 aromatic heterocycles. The van der Waals surface area contributed by atoms with Crippen molar-refractivity contribution in [1.82, 2.24) is 0 Å². The number of fused-ring (bicyclic) bond motifs is 5. The number of hydrogen-bond donors (Lipinski definition) is 4. The van der Waals surface area contributed by atoms with Crippen LogP contribution in [0.3, 0.4) is 0 Å². The molecule has 0 aromatic rings. The number of allylic oxidation sites excluding steroid dienone is 1. The Morgan fingerprint density at radius 3 is 2.40 bits per heavy atom. The van der Waals surface area contributed by atoms with Gasteiger partial charge >= 0.3 is 5.97 Å². The van der Waals surface area contributed by atoms with E-state index in [1.165, 1.54) is 12.5 Å². The van der Waals surface area contributed by atoms with E-state index in [9.17, 15) is 25.2 Å². The van der Waals surface area contributed by atoms with Gasteiger partial charge in [-0.25, -0.2) is 0 Å². The first-order valence-electron chi connectivity index (χ1n) is 16.6. The molecule has 0 amide bonds. The Morgan fingerprint density at radius 2 is 1.79 bits per heavy atom. The second-order valence-electron chi connectivity index (χ2n) is 16.8. The third kappa shape index (κ3) is 4.83. The second-order valence-corrected chi connectivity index (χ2v) is 16.8. The van der Waals surface area contributed by atoms with Crippen LogP contribution in [0.25, 0.3) is 0 Å². The molecule has 3 saturated carbocycles. The summed E-state index contributed by atoms with van der Waals surface area (Å²) in [7, 11) is 0. The first-order chi connectivity index (χ1) is 19.4. The molecule has 5 aliphatic rings. The van der Waals surface area contributed by atoms with E-state index in [1.807, 2.05) is 13.8 Å². The largest absolute Gasteiger partial charge is 0.462 e. The van der Waals surface area contributed by atoms with Crippen LogP contribution < -0.4 is 0 Å². The number of carbonyl (C=O) groups excluding carboxylic acids is 1. The van der Waals surface area contributed by atoms with Gasteiger partial charge in [0.1, 0.15) is 17.8 Å². The lowest BCUT2D eigenvalue weighted by molar-refractivity contribution is -0.223. The van der Waals surface area contributed by atoms with Crippen molar-refractivity contribution in [2.75, 3.05) is 13.2 Å². The molecule has 0 spiro atoms. The molecule has 42 heavy (non-hydrogen) atoms. The lowest BCUT2D eigenvalue weighted by Gasteiger charge is -2.68. The van der Waals surface area contributed by atoms with Gasteiger partial charge in [0.15, 0.2) is 0 Å². The highest BCUT2D eigenvalue weighted by Gasteiger charge is 2.69. The van der Waals surface area contributed by atoms with Gasteiger partial charge < -0.3 is 29.9 Å². The molecule has 4 N–H and O–H groups in total. The van der Waals surface area contributed by atoms with E-state index in [2.05, 4.69) is 40.7 Å². The fourth-order valence-corrected chi connectivity index (χ4v) is 11.2. The molecule has 1 saturated heterocycles. The molecule has 0 radical (unpaired) electrons. The predicted octanol–water partition coefficient (Wildman–Crippen LogP) is 5.03. The van der Waals surface area contributed by atoms with Crippen LogP contribution in [-0.4, -0.2) is 69.6 Å². The Morgan fingerprint density at radius 1 is 1.10 bits per heavy atom. The van der Waals surface area contributed by atoms with E-state index in [-0.39, 0.29) is 51.5 Å². The van der Waals surface area contributed by atoms with E-state index >= 15 is 0 Å². The lowest BCUT2D eigenvalue weighted by Crippen LogP contribution is -2.65. The summed E-state index contributed by atoms with van der Waals surface area (Å²) in [5.74, 6) is 1.19. The van der Waals surface area contributed by atoms with Gasteiger partial charge in [0.05, 0.1) is 25.4 Å². The fraction of sp³-hybridized carbons (Fsp3) is 0.914. The lowest BCUT2D eigenvalue weighted by atomic mass is 9.37. The van der Waals surface area contributed by atoms with Gasteiger partial charge in [-0.05, 0) is 92.3 Å². The number of rotatable bonds is 6. The van der Waals surface area contributed by atoms with E-state index in [0.29, 0.717) is 37.7 Å². The molecule has 4 fully saturated rings. The monoisotopic (exact) mass is 590 g/mol. The maximum absolute atomic E-state index is 12.7. The van der Waals surface area contributed by atoms with Gasteiger partial charge in [-0.15, -0.1) is 0 Å². The van der Waals surface area contributed by atoms with Gasteiger partial charge in [0.25, 0.3) is 0 Å². The van der Waals surface area contributed by atoms with Crippen molar-refractivity contribution in [1.29, 1.82) is 0 Å². The van der Waals surface area contributed by atoms with Gasteiger partial charge in [-0.3, -0.25) is 4.79 Å². The Bertz CT molecular complexity index is 1070. The highest BCUT2D eigenvalue weighted by Crippen LogP contribution is 2.73. The fourth-order valence-electron chi connectivity index (χ4n) is 11.2. The van der Waals surface area contributed by atoms with Crippen molar-refractivity contribution in [3.8, 4) is 0 Å². The Hall–Kier alpha value is -0.990. The molecular formula is C35H58O7. The average molecular weight is 591 g/mol. The summed E-state index contributed by atoms with van der Waals surface area (Å²) < 4.78 is 12.2. The summed E-state index contributed by atoms with van der Waals surface area (Å²) in [6.45, 7) is 17.3. The van der Waals surface area contributed by atoms with Gasteiger partial charge in [0, 0.05) is 17.3 Å². The third-order valence-electron chi connectivity index (χ3n) is 13.4. The smallest absolute Gasteiger partial charge is 0.306 e. The van der Waals surface area contributed by atoms with Crippen LogP contribution in [0.15, 0.2) is 11.6 Å². The van der Waals surface area contributed by atoms with Gasteiger partial charge in [0.2, 0.25) is 0 Å². The van der Waals surface area contributed by atoms with Crippen molar-refractivity contribution in [2.24, 2.45) is 51.2 Å². The van der Waals surface area contributed by atoms with Crippen molar-refractivity contribution in [3.05, 3.63) is 11.6 Å². The molecule has 7 nitrogen and oxygen atoms in total. The summed E-state index contributed by atoms with van der Waals surface area (Å²) >= 11 is 0. The summed E-state index contributed by atoms with van der Waals surface area (Å²) in [4.78, 5) is 12.7. The number of ether oxygens (including phenoxy) is 2. The Kier molecular flexibility index (Phi) is 8.35. The SMILES string of the molecule is CC(C)CC(=O)O[C@@H]1CC[C@]2(C)[C@H]3CC[C@]4(C)C(=CC[C@H]4[C@H]4CO[C@@H](C(C)(O)CO)[C@H](O)C4)[C@]3(C)[C@H](O)C[C@H]2C1(C)C. The summed E-state index contributed by atoms with van der Waals surface area (Å²) in [5.41, 5.74) is -0.693. The second kappa shape index (κ2) is 10.8. The zero-order valence-corrected chi connectivity index (χ0v) is 27.4. The van der Waals surface area contributed by atoms with Crippen LogP contribution in [0, 0.1) is 51.2 Å². The first-order valence-corrected chi connectivity index (χ1v) is 16.6. The van der Waals surface area contributed by atoms with E-state index in [4.69, 9.17) is 9.47 Å².